The topological polar surface area (TPSA) is 53.7 Å². The second-order valence-electron chi connectivity index (χ2n) is 11.0. The molecule has 2 heterocycles. The van der Waals surface area contributed by atoms with Crippen molar-refractivity contribution in [3.8, 4) is 5.75 Å². The van der Waals surface area contributed by atoms with Crippen LogP contribution in [0.25, 0.3) is 21.8 Å². The van der Waals surface area contributed by atoms with Crippen LogP contribution in [-0.4, -0.2) is 54.4 Å². The Bertz CT molecular complexity index is 1770. The fraction of sp³-hybridized carbons (Fsp3) is 0.229. The number of esters is 1. The average Bonchev–Trinajstić information content (AvgIpc) is 3.02. The summed E-state index contributed by atoms with van der Waals surface area (Å²) in [6.07, 6.45) is 1.00. The Labute approximate surface area is 268 Å². The van der Waals surface area contributed by atoms with Gasteiger partial charge in [-0.25, -0.2) is 4.79 Å². The van der Waals surface area contributed by atoms with E-state index in [0.717, 1.165) is 47.9 Å². The molecule has 0 radical (unpaired) electrons. The molecular formula is C35H32Br2N3O3+. The zero-order valence-corrected chi connectivity index (χ0v) is 27.3. The van der Waals surface area contributed by atoms with E-state index in [1.165, 1.54) is 11.1 Å². The summed E-state index contributed by atoms with van der Waals surface area (Å²) in [7, 11) is 1.99. The van der Waals surface area contributed by atoms with E-state index in [4.69, 9.17) is 4.74 Å². The minimum Gasteiger partial charge on any atom is -0.420 e. The first-order valence-electron chi connectivity index (χ1n) is 14.4. The van der Waals surface area contributed by atoms with Crippen molar-refractivity contribution in [2.24, 2.45) is 7.05 Å². The second kappa shape index (κ2) is 12.6. The van der Waals surface area contributed by atoms with Crippen LogP contribution >= 0.6 is 31.9 Å². The summed E-state index contributed by atoms with van der Waals surface area (Å²) in [4.78, 5) is 31.5. The lowest BCUT2D eigenvalue weighted by atomic mass is 10.0. The number of carbonyl (C=O) groups is 2. The molecular weight excluding hydrogens is 670 g/mol. The number of para-hydroxylation sites is 2. The largest absolute Gasteiger partial charge is 0.420 e. The molecule has 0 N–H and O–H groups in total. The van der Waals surface area contributed by atoms with Gasteiger partial charge in [-0.15, -0.1) is 0 Å². The summed E-state index contributed by atoms with van der Waals surface area (Å²) in [6, 6.07) is 27.8. The predicted molar refractivity (Wildman–Crippen MR) is 177 cm³/mol. The number of ether oxygens (including phenoxy) is 1. The average molecular weight is 702 g/mol. The van der Waals surface area contributed by atoms with E-state index < -0.39 is 5.97 Å². The standard InChI is InChI=1S/C35H32Br2N3O3/c1-23-11-13-24(14-12-23)15-16-39-17-19-40(20-18-39)34(41)25-21-28(36)33(29(37)22-25)43-35(42)32-26-7-3-5-9-30(26)38(2)31-10-6-4-8-27(31)32/h3-14,21-22H,15-20H2,1-2H3/q+1. The van der Waals surface area contributed by atoms with Gasteiger partial charge >= 0.3 is 5.97 Å². The van der Waals surface area contributed by atoms with E-state index in [0.29, 0.717) is 38.9 Å². The number of carbonyl (C=O) groups excluding carboxylic acids is 2. The van der Waals surface area contributed by atoms with Crippen LogP contribution in [0.5, 0.6) is 5.75 Å². The fourth-order valence-corrected chi connectivity index (χ4v) is 7.12. The van der Waals surface area contributed by atoms with Crippen LogP contribution in [0.4, 0.5) is 0 Å². The van der Waals surface area contributed by atoms with Crippen LogP contribution in [0.15, 0.2) is 93.9 Å². The number of halogens is 2. The Kier molecular flexibility index (Phi) is 8.61. The number of fused-ring (bicyclic) bond motifs is 2. The van der Waals surface area contributed by atoms with Crippen molar-refractivity contribution in [1.29, 1.82) is 0 Å². The maximum Gasteiger partial charge on any atom is 0.345 e. The molecule has 1 aliphatic rings. The number of aromatic nitrogens is 1. The van der Waals surface area contributed by atoms with Gasteiger partial charge in [0.2, 0.25) is 11.0 Å². The van der Waals surface area contributed by atoms with Crippen LogP contribution in [0.3, 0.4) is 0 Å². The molecule has 5 aromatic rings. The Morgan fingerprint density at radius 3 is 1.95 bits per heavy atom. The maximum atomic E-state index is 13.8. The molecule has 0 saturated carbocycles. The summed E-state index contributed by atoms with van der Waals surface area (Å²) >= 11 is 7.14. The smallest absolute Gasteiger partial charge is 0.345 e. The Morgan fingerprint density at radius 1 is 0.814 bits per heavy atom. The third-order valence-corrected chi connectivity index (χ3v) is 9.39. The molecule has 6 rings (SSSR count). The highest BCUT2D eigenvalue weighted by atomic mass is 79.9. The Morgan fingerprint density at radius 2 is 1.37 bits per heavy atom. The predicted octanol–water partition coefficient (Wildman–Crippen LogP) is 6.87. The minimum absolute atomic E-state index is 0.0370. The van der Waals surface area contributed by atoms with E-state index in [9.17, 15) is 9.59 Å². The van der Waals surface area contributed by atoms with Crippen LogP contribution in [-0.2, 0) is 13.5 Å². The highest BCUT2D eigenvalue weighted by Gasteiger charge is 2.27. The van der Waals surface area contributed by atoms with Gasteiger partial charge < -0.3 is 9.64 Å². The molecule has 4 aromatic carbocycles. The number of aryl methyl sites for hydroxylation is 2. The third-order valence-electron chi connectivity index (χ3n) is 8.21. The first-order valence-corrected chi connectivity index (χ1v) is 16.0. The lowest BCUT2D eigenvalue weighted by Crippen LogP contribution is -2.49. The quantitative estimate of drug-likeness (QED) is 0.0840. The third kappa shape index (κ3) is 6.09. The molecule has 1 aliphatic heterocycles. The summed E-state index contributed by atoms with van der Waals surface area (Å²) in [5.41, 5.74) is 5.51. The summed E-state index contributed by atoms with van der Waals surface area (Å²) in [5, 5.41) is 1.62. The van der Waals surface area contributed by atoms with Crippen LogP contribution in [0.2, 0.25) is 0 Å². The van der Waals surface area contributed by atoms with Gasteiger partial charge in [0.05, 0.1) is 25.3 Å². The van der Waals surface area contributed by atoms with Crippen molar-refractivity contribution in [2.75, 3.05) is 32.7 Å². The van der Waals surface area contributed by atoms with Crippen molar-refractivity contribution in [2.45, 2.75) is 13.3 Å². The number of hydrogen-bond acceptors (Lipinski definition) is 4. The lowest BCUT2D eigenvalue weighted by molar-refractivity contribution is -0.617. The fourth-order valence-electron chi connectivity index (χ4n) is 5.77. The van der Waals surface area contributed by atoms with Crippen molar-refractivity contribution < 1.29 is 18.9 Å². The summed E-state index contributed by atoms with van der Waals surface area (Å²) in [5.74, 6) is -0.163. The van der Waals surface area contributed by atoms with E-state index in [2.05, 4.69) is 72.5 Å². The minimum atomic E-state index is -0.463. The van der Waals surface area contributed by atoms with E-state index in [1.54, 1.807) is 12.1 Å². The molecule has 0 unspecified atom stereocenters. The van der Waals surface area contributed by atoms with Gasteiger partial charge in [-0.2, -0.15) is 4.57 Å². The Balaban J connectivity index is 1.17. The van der Waals surface area contributed by atoms with E-state index in [1.807, 2.05) is 60.5 Å². The first kappa shape index (κ1) is 29.5. The van der Waals surface area contributed by atoms with Gasteiger partial charge in [0.15, 0.2) is 5.75 Å². The maximum absolute atomic E-state index is 13.8. The lowest BCUT2D eigenvalue weighted by Gasteiger charge is -2.35. The molecule has 218 valence electrons. The van der Waals surface area contributed by atoms with Crippen molar-refractivity contribution in [1.82, 2.24) is 9.80 Å². The zero-order valence-electron chi connectivity index (χ0n) is 24.1. The number of rotatable bonds is 6. The normalized spacial score (nSPS) is 13.9. The van der Waals surface area contributed by atoms with Gasteiger partial charge in [0.25, 0.3) is 5.91 Å². The second-order valence-corrected chi connectivity index (χ2v) is 12.7. The molecule has 43 heavy (non-hydrogen) atoms. The molecule has 1 saturated heterocycles. The first-order chi connectivity index (χ1) is 20.8. The molecule has 1 aromatic heterocycles. The monoisotopic (exact) mass is 700 g/mol. The molecule has 0 spiro atoms. The van der Waals surface area contributed by atoms with Crippen LogP contribution in [0, 0.1) is 6.92 Å². The number of benzene rings is 4. The summed E-state index contributed by atoms with van der Waals surface area (Å²) < 4.78 is 9.16. The molecule has 8 heteroatoms. The zero-order chi connectivity index (χ0) is 30.1. The number of hydrogen-bond donors (Lipinski definition) is 0. The molecule has 0 atom stereocenters. The molecule has 1 amide bonds. The van der Waals surface area contributed by atoms with Gasteiger partial charge in [-0.3, -0.25) is 9.69 Å². The van der Waals surface area contributed by atoms with Gasteiger partial charge in [0.1, 0.15) is 7.05 Å². The van der Waals surface area contributed by atoms with Crippen molar-refractivity contribution >= 4 is 65.5 Å². The number of pyridine rings is 1. The van der Waals surface area contributed by atoms with Gasteiger partial charge in [0, 0.05) is 50.4 Å². The molecule has 0 bridgehead atoms. The number of amides is 1. The highest BCUT2D eigenvalue weighted by molar-refractivity contribution is 9.11. The number of nitrogens with zero attached hydrogens (tertiary/aromatic N) is 3. The van der Waals surface area contributed by atoms with Crippen LogP contribution < -0.4 is 9.30 Å². The molecule has 0 aliphatic carbocycles. The highest BCUT2D eigenvalue weighted by Crippen LogP contribution is 2.37. The van der Waals surface area contributed by atoms with E-state index >= 15 is 0 Å². The van der Waals surface area contributed by atoms with Gasteiger partial charge in [-0.1, -0.05) is 54.1 Å². The van der Waals surface area contributed by atoms with Crippen LogP contribution in [0.1, 0.15) is 31.8 Å². The van der Waals surface area contributed by atoms with Crippen molar-refractivity contribution in [3.05, 3.63) is 116 Å². The Hall–Kier alpha value is -3.59. The summed E-state index contributed by atoms with van der Waals surface area (Å²) in [6.45, 7) is 6.10. The SMILES string of the molecule is Cc1ccc(CCN2CCN(C(=O)c3cc(Br)c(OC(=O)c4c5ccccc5[n+](C)c5ccccc45)c(Br)c3)CC2)cc1. The van der Waals surface area contributed by atoms with Crippen molar-refractivity contribution in [3.63, 3.8) is 0 Å². The van der Waals surface area contributed by atoms with Gasteiger partial charge in [-0.05, 0) is 75.0 Å². The van der Waals surface area contributed by atoms with E-state index in [-0.39, 0.29) is 5.91 Å². The molecule has 6 nitrogen and oxygen atoms in total. The number of piperazine rings is 1. The molecule has 1 fully saturated rings.